The fraction of sp³-hybridized carbons (Fsp3) is 0.611. The number of halogens is 1. The first-order valence-corrected chi connectivity index (χ1v) is 10.8. The molecule has 5 rings (SSSR count). The topological polar surface area (TPSA) is 119 Å². The molecule has 0 aromatic heterocycles. The Morgan fingerprint density at radius 1 is 1.33 bits per heavy atom. The first-order chi connectivity index (χ1) is 12.5. The zero-order chi connectivity index (χ0) is 19.6. The van der Waals surface area contributed by atoms with Gasteiger partial charge in [-0.3, -0.25) is 4.79 Å². The number of rotatable bonds is 5. The van der Waals surface area contributed by atoms with Crippen molar-refractivity contribution >= 4 is 15.9 Å². The number of hydrogen-bond acceptors (Lipinski definition) is 6. The van der Waals surface area contributed by atoms with E-state index in [-0.39, 0.29) is 16.7 Å². The van der Waals surface area contributed by atoms with E-state index in [4.69, 9.17) is 10.5 Å². The van der Waals surface area contributed by atoms with Gasteiger partial charge < -0.3 is 15.6 Å². The molecule has 0 aliphatic heterocycles. The quantitative estimate of drug-likeness (QED) is 0.692. The van der Waals surface area contributed by atoms with E-state index in [1.165, 1.54) is 0 Å². The van der Waals surface area contributed by atoms with Gasteiger partial charge in [0.1, 0.15) is 5.82 Å². The van der Waals surface area contributed by atoms with Gasteiger partial charge in [0, 0.05) is 17.0 Å². The summed E-state index contributed by atoms with van der Waals surface area (Å²) in [4.78, 5) is 11.8. The molecule has 4 bridgehead atoms. The molecule has 2 unspecified atom stereocenters. The molecule has 4 aliphatic carbocycles. The predicted octanol–water partition coefficient (Wildman–Crippen LogP) is 1.51. The molecule has 4 N–H and O–H groups in total. The summed E-state index contributed by atoms with van der Waals surface area (Å²) in [7, 11) is -3.84. The Morgan fingerprint density at radius 2 is 1.96 bits per heavy atom. The number of nitrogens with one attached hydrogen (secondary N) is 1. The van der Waals surface area contributed by atoms with E-state index in [2.05, 4.69) is 0 Å². The summed E-state index contributed by atoms with van der Waals surface area (Å²) in [5.41, 5.74) is 5.73. The smallest absolute Gasteiger partial charge is 0.267 e. The molecule has 1 aromatic rings. The molecular weight excluding hydrogens is 375 g/mol. The number of amides is 1. The van der Waals surface area contributed by atoms with Gasteiger partial charge in [-0.2, -0.15) is 0 Å². The second-order valence-corrected chi connectivity index (χ2v) is 10.4. The SMILES string of the molecule is CS(=O)(=O)NC(=O)c1cc(O)c(OCC23CC4CC(N)(CC4C2)C3)cc1F. The van der Waals surface area contributed by atoms with Crippen LogP contribution in [0.3, 0.4) is 0 Å². The average molecular weight is 398 g/mol. The first kappa shape index (κ1) is 18.5. The highest BCUT2D eigenvalue weighted by Crippen LogP contribution is 2.65. The van der Waals surface area contributed by atoms with E-state index in [1.807, 2.05) is 0 Å². The van der Waals surface area contributed by atoms with E-state index in [9.17, 15) is 22.7 Å². The lowest BCUT2D eigenvalue weighted by molar-refractivity contribution is 0.0593. The zero-order valence-electron chi connectivity index (χ0n) is 15.0. The number of hydrogen-bond donors (Lipinski definition) is 3. The Balaban J connectivity index is 1.49. The zero-order valence-corrected chi connectivity index (χ0v) is 15.8. The van der Waals surface area contributed by atoms with Gasteiger partial charge in [-0.1, -0.05) is 0 Å². The third-order valence-electron chi connectivity index (χ3n) is 6.23. The van der Waals surface area contributed by atoms with Gasteiger partial charge in [0.25, 0.3) is 5.91 Å². The molecule has 1 amide bonds. The summed E-state index contributed by atoms with van der Waals surface area (Å²) in [5.74, 6) is -1.34. The number of sulfonamides is 1. The normalized spacial score (nSPS) is 34.0. The Morgan fingerprint density at radius 3 is 2.52 bits per heavy atom. The molecule has 0 heterocycles. The molecular formula is C18H23FN2O5S. The average Bonchev–Trinajstić information content (AvgIpc) is 2.89. The van der Waals surface area contributed by atoms with E-state index in [0.717, 1.165) is 50.5 Å². The number of nitrogens with two attached hydrogens (primary N) is 1. The van der Waals surface area contributed by atoms with Crippen LogP contribution in [0, 0.1) is 23.1 Å². The third-order valence-corrected chi connectivity index (χ3v) is 6.78. The van der Waals surface area contributed by atoms with Crippen molar-refractivity contribution in [2.75, 3.05) is 12.9 Å². The number of carbonyl (C=O) groups excluding carboxylic acids is 1. The Labute approximate surface area is 157 Å². The molecule has 4 fully saturated rings. The molecule has 148 valence electrons. The Hall–Kier alpha value is -1.87. The summed E-state index contributed by atoms with van der Waals surface area (Å²) in [5, 5.41) is 10.1. The van der Waals surface area contributed by atoms with E-state index in [0.29, 0.717) is 18.4 Å². The Kier molecular flexibility index (Phi) is 3.98. The summed E-state index contributed by atoms with van der Waals surface area (Å²) in [6.07, 6.45) is 5.84. The van der Waals surface area contributed by atoms with Crippen molar-refractivity contribution in [3.63, 3.8) is 0 Å². The maximum absolute atomic E-state index is 14.3. The van der Waals surface area contributed by atoms with Crippen LogP contribution in [-0.4, -0.2) is 37.8 Å². The van der Waals surface area contributed by atoms with Crippen LogP contribution in [0.2, 0.25) is 0 Å². The van der Waals surface area contributed by atoms with Gasteiger partial charge in [0.05, 0.1) is 18.4 Å². The lowest BCUT2D eigenvalue weighted by Gasteiger charge is -2.43. The molecule has 9 heteroatoms. The van der Waals surface area contributed by atoms with Crippen LogP contribution in [0.15, 0.2) is 12.1 Å². The highest BCUT2D eigenvalue weighted by molar-refractivity contribution is 7.89. The van der Waals surface area contributed by atoms with E-state index < -0.39 is 33.1 Å². The number of carbonyl (C=O) groups is 1. The molecule has 7 nitrogen and oxygen atoms in total. The fourth-order valence-corrected chi connectivity index (χ4v) is 6.07. The summed E-state index contributed by atoms with van der Waals surface area (Å²) in [6, 6.07) is 1.79. The predicted molar refractivity (Wildman–Crippen MR) is 95.3 cm³/mol. The number of phenolic OH excluding ortho intramolecular Hbond substituents is 1. The van der Waals surface area contributed by atoms with Crippen LogP contribution in [0.4, 0.5) is 4.39 Å². The standard InChI is InChI=1S/C18H23FN2O5S/c1-27(24,25)21-16(23)12-2-14(22)15(3-13(12)19)26-9-17-4-10-6-18(20,8-17)7-11(10)5-17/h2-3,10-11,22H,4-9,20H2,1H3,(H,21,23). The lowest BCUT2D eigenvalue weighted by Crippen LogP contribution is -2.49. The lowest BCUT2D eigenvalue weighted by atomic mass is 9.66. The van der Waals surface area contributed by atoms with Crippen LogP contribution < -0.4 is 15.2 Å². The minimum Gasteiger partial charge on any atom is -0.504 e. The summed E-state index contributed by atoms with van der Waals surface area (Å²) < 4.78 is 43.9. The van der Waals surface area contributed by atoms with Crippen LogP contribution in [-0.2, 0) is 10.0 Å². The first-order valence-electron chi connectivity index (χ1n) is 8.94. The van der Waals surface area contributed by atoms with Gasteiger partial charge in [-0.05, 0) is 50.0 Å². The Bertz CT molecular complexity index is 903. The van der Waals surface area contributed by atoms with Crippen LogP contribution >= 0.6 is 0 Å². The van der Waals surface area contributed by atoms with Crippen molar-refractivity contribution in [3.8, 4) is 11.5 Å². The van der Waals surface area contributed by atoms with Crippen molar-refractivity contribution in [3.05, 3.63) is 23.5 Å². The van der Waals surface area contributed by atoms with E-state index in [1.54, 1.807) is 4.72 Å². The number of phenols is 1. The molecule has 0 saturated heterocycles. The van der Waals surface area contributed by atoms with Gasteiger partial charge in [0.15, 0.2) is 11.5 Å². The summed E-state index contributed by atoms with van der Waals surface area (Å²) >= 11 is 0. The van der Waals surface area contributed by atoms with Gasteiger partial charge in [-0.25, -0.2) is 17.5 Å². The van der Waals surface area contributed by atoms with Crippen LogP contribution in [0.5, 0.6) is 11.5 Å². The van der Waals surface area contributed by atoms with Crippen molar-refractivity contribution in [1.29, 1.82) is 0 Å². The van der Waals surface area contributed by atoms with Crippen molar-refractivity contribution in [2.45, 2.75) is 37.6 Å². The van der Waals surface area contributed by atoms with Crippen LogP contribution in [0.25, 0.3) is 0 Å². The van der Waals surface area contributed by atoms with Gasteiger partial charge >= 0.3 is 0 Å². The van der Waals surface area contributed by atoms with Crippen molar-refractivity contribution in [2.24, 2.45) is 23.0 Å². The largest absolute Gasteiger partial charge is 0.504 e. The molecule has 1 aromatic carbocycles. The molecule has 2 atom stereocenters. The van der Waals surface area contributed by atoms with E-state index >= 15 is 0 Å². The van der Waals surface area contributed by atoms with Crippen molar-refractivity contribution in [1.82, 2.24) is 4.72 Å². The molecule has 27 heavy (non-hydrogen) atoms. The minimum atomic E-state index is -3.84. The third kappa shape index (κ3) is 3.38. The monoisotopic (exact) mass is 398 g/mol. The number of benzene rings is 1. The van der Waals surface area contributed by atoms with Crippen molar-refractivity contribution < 1.29 is 27.4 Å². The van der Waals surface area contributed by atoms with Gasteiger partial charge in [0.2, 0.25) is 10.0 Å². The second kappa shape index (κ2) is 5.81. The second-order valence-electron chi connectivity index (χ2n) is 8.67. The highest BCUT2D eigenvalue weighted by Gasteiger charge is 2.61. The highest BCUT2D eigenvalue weighted by atomic mass is 32.2. The van der Waals surface area contributed by atoms with Crippen LogP contribution in [0.1, 0.15) is 42.5 Å². The maximum Gasteiger partial charge on any atom is 0.267 e. The minimum absolute atomic E-state index is 0.0458. The molecule has 4 saturated carbocycles. The molecule has 0 radical (unpaired) electrons. The molecule has 4 aliphatic rings. The molecule has 0 spiro atoms. The summed E-state index contributed by atoms with van der Waals surface area (Å²) in [6.45, 7) is 0.334. The number of ether oxygens (including phenoxy) is 1. The maximum atomic E-state index is 14.3. The fourth-order valence-electron chi connectivity index (χ4n) is 5.63. The van der Waals surface area contributed by atoms with Gasteiger partial charge in [-0.15, -0.1) is 0 Å². The number of aromatic hydroxyl groups is 1.